The molecule has 2 rings (SSSR count). The number of carbonyl (C=O) groups excluding carboxylic acids is 1. The maximum absolute atomic E-state index is 11.9. The van der Waals surface area contributed by atoms with E-state index >= 15 is 0 Å². The molecule has 0 aromatic rings. The first-order valence-electron chi connectivity index (χ1n) is 7.97. The number of likely N-dealkylation sites (tertiary alicyclic amines) is 1. The summed E-state index contributed by atoms with van der Waals surface area (Å²) in [6.07, 6.45) is 5.73. The van der Waals surface area contributed by atoms with Gasteiger partial charge in [0.15, 0.2) is 5.96 Å². The Balaban J connectivity index is 1.93. The topological polar surface area (TPSA) is 53.9 Å². The highest BCUT2D eigenvalue weighted by molar-refractivity contribution is 5.81. The summed E-state index contributed by atoms with van der Waals surface area (Å²) in [7, 11) is 0. The van der Waals surface area contributed by atoms with Crippen LogP contribution in [0.1, 0.15) is 46.0 Å². The van der Waals surface area contributed by atoms with E-state index in [1.54, 1.807) is 0 Å². The minimum Gasteiger partial charge on any atom is -0.466 e. The molecular weight excluding hydrogens is 254 g/mol. The van der Waals surface area contributed by atoms with Crippen LogP contribution in [0.4, 0.5) is 0 Å². The summed E-state index contributed by atoms with van der Waals surface area (Å²) in [5.41, 5.74) is 0. The van der Waals surface area contributed by atoms with Crippen molar-refractivity contribution in [1.29, 1.82) is 0 Å². The number of hydrogen-bond acceptors (Lipinski definition) is 3. The van der Waals surface area contributed by atoms with Crippen molar-refractivity contribution in [2.75, 3.05) is 26.2 Å². The molecular formula is C15H27N3O2. The molecule has 2 fully saturated rings. The highest BCUT2D eigenvalue weighted by Crippen LogP contribution is 2.21. The van der Waals surface area contributed by atoms with Crippen molar-refractivity contribution >= 4 is 11.9 Å². The largest absolute Gasteiger partial charge is 0.466 e. The monoisotopic (exact) mass is 281 g/mol. The maximum atomic E-state index is 11.9. The fraction of sp³-hybridized carbons (Fsp3) is 0.867. The molecule has 20 heavy (non-hydrogen) atoms. The number of ether oxygens (including phenoxy) is 1. The van der Waals surface area contributed by atoms with Crippen LogP contribution in [0.2, 0.25) is 0 Å². The van der Waals surface area contributed by atoms with E-state index in [-0.39, 0.29) is 11.9 Å². The van der Waals surface area contributed by atoms with Gasteiger partial charge >= 0.3 is 5.97 Å². The van der Waals surface area contributed by atoms with Crippen molar-refractivity contribution in [3.8, 4) is 0 Å². The maximum Gasteiger partial charge on any atom is 0.310 e. The molecule has 0 unspecified atom stereocenters. The molecule has 0 spiro atoms. The summed E-state index contributed by atoms with van der Waals surface area (Å²) in [6.45, 7) is 6.86. The highest BCUT2D eigenvalue weighted by Gasteiger charge is 2.29. The molecule has 1 atom stereocenters. The van der Waals surface area contributed by atoms with E-state index in [0.717, 1.165) is 38.4 Å². The third kappa shape index (κ3) is 3.87. The van der Waals surface area contributed by atoms with Gasteiger partial charge in [0.25, 0.3) is 0 Å². The molecule has 1 saturated heterocycles. The summed E-state index contributed by atoms with van der Waals surface area (Å²) in [5.74, 6) is 0.914. The first-order valence-corrected chi connectivity index (χ1v) is 7.97. The molecule has 1 aliphatic carbocycles. The van der Waals surface area contributed by atoms with Crippen molar-refractivity contribution in [2.45, 2.75) is 52.0 Å². The van der Waals surface area contributed by atoms with Gasteiger partial charge in [-0.2, -0.15) is 0 Å². The van der Waals surface area contributed by atoms with Gasteiger partial charge < -0.3 is 15.0 Å². The average Bonchev–Trinajstić information content (AvgIpc) is 2.42. The molecule has 0 radical (unpaired) electrons. The molecule has 0 bridgehead atoms. The zero-order valence-electron chi connectivity index (χ0n) is 12.7. The molecule has 1 aliphatic heterocycles. The number of nitrogens with zero attached hydrogens (tertiary/aromatic N) is 2. The van der Waals surface area contributed by atoms with Gasteiger partial charge in [0.1, 0.15) is 0 Å². The Morgan fingerprint density at radius 3 is 2.70 bits per heavy atom. The first kappa shape index (κ1) is 15.1. The lowest BCUT2D eigenvalue weighted by molar-refractivity contribution is -0.149. The summed E-state index contributed by atoms with van der Waals surface area (Å²) >= 11 is 0. The third-order valence-electron chi connectivity index (χ3n) is 4.09. The lowest BCUT2D eigenvalue weighted by atomic mass is 9.93. The van der Waals surface area contributed by atoms with E-state index in [4.69, 9.17) is 4.74 Å². The van der Waals surface area contributed by atoms with E-state index < -0.39 is 0 Å². The van der Waals surface area contributed by atoms with Crippen LogP contribution in [-0.4, -0.2) is 49.1 Å². The molecule has 1 saturated carbocycles. The summed E-state index contributed by atoms with van der Waals surface area (Å²) < 4.78 is 5.16. The Morgan fingerprint density at radius 1 is 1.30 bits per heavy atom. The number of rotatable bonds is 4. The van der Waals surface area contributed by atoms with Crippen molar-refractivity contribution in [2.24, 2.45) is 10.9 Å². The van der Waals surface area contributed by atoms with Crippen LogP contribution in [0.3, 0.4) is 0 Å². The highest BCUT2D eigenvalue weighted by atomic mass is 16.5. The van der Waals surface area contributed by atoms with Gasteiger partial charge in [-0.1, -0.05) is 0 Å². The molecule has 2 aliphatic rings. The Morgan fingerprint density at radius 2 is 2.10 bits per heavy atom. The fourth-order valence-electron chi connectivity index (χ4n) is 2.74. The Bertz CT molecular complexity index is 353. The number of nitrogens with one attached hydrogen (secondary N) is 1. The van der Waals surface area contributed by atoms with Gasteiger partial charge in [0.2, 0.25) is 0 Å². The van der Waals surface area contributed by atoms with Crippen LogP contribution in [0.25, 0.3) is 0 Å². The lowest BCUT2D eigenvalue weighted by Crippen LogP contribution is -2.52. The van der Waals surface area contributed by atoms with Crippen LogP contribution in [0, 0.1) is 5.92 Å². The number of esters is 1. The molecule has 1 heterocycles. The van der Waals surface area contributed by atoms with Crippen LogP contribution >= 0.6 is 0 Å². The molecule has 5 heteroatoms. The number of hydrogen-bond donors (Lipinski definition) is 1. The number of guanidine groups is 1. The normalized spacial score (nSPS) is 24.2. The van der Waals surface area contributed by atoms with E-state index in [1.165, 1.54) is 19.3 Å². The predicted molar refractivity (Wildman–Crippen MR) is 79.7 cm³/mol. The van der Waals surface area contributed by atoms with Crippen molar-refractivity contribution in [3.63, 3.8) is 0 Å². The quantitative estimate of drug-likeness (QED) is 0.485. The average molecular weight is 281 g/mol. The minimum atomic E-state index is -0.0586. The molecule has 1 N–H and O–H groups in total. The van der Waals surface area contributed by atoms with Crippen molar-refractivity contribution in [3.05, 3.63) is 0 Å². The van der Waals surface area contributed by atoms with Gasteiger partial charge in [0, 0.05) is 25.7 Å². The van der Waals surface area contributed by atoms with Gasteiger partial charge in [-0.3, -0.25) is 9.79 Å². The Kier molecular flexibility index (Phi) is 5.68. The fourth-order valence-corrected chi connectivity index (χ4v) is 2.74. The van der Waals surface area contributed by atoms with Crippen molar-refractivity contribution in [1.82, 2.24) is 10.2 Å². The van der Waals surface area contributed by atoms with E-state index in [1.807, 2.05) is 6.92 Å². The second-order valence-electron chi connectivity index (χ2n) is 5.61. The molecule has 114 valence electrons. The molecule has 5 nitrogen and oxygen atoms in total. The van der Waals surface area contributed by atoms with Gasteiger partial charge in [0.05, 0.1) is 12.5 Å². The van der Waals surface area contributed by atoms with Crippen LogP contribution in [0.15, 0.2) is 4.99 Å². The molecule has 0 aromatic heterocycles. The Labute approximate surface area is 121 Å². The zero-order chi connectivity index (χ0) is 14.4. The third-order valence-corrected chi connectivity index (χ3v) is 4.09. The second-order valence-corrected chi connectivity index (χ2v) is 5.61. The number of carbonyl (C=O) groups is 1. The molecule has 0 aromatic carbocycles. The summed E-state index contributed by atoms with van der Waals surface area (Å²) in [4.78, 5) is 18.7. The van der Waals surface area contributed by atoms with Crippen LogP contribution < -0.4 is 5.32 Å². The lowest BCUT2D eigenvalue weighted by Gasteiger charge is -2.37. The van der Waals surface area contributed by atoms with E-state index in [9.17, 15) is 4.79 Å². The SMILES string of the molecule is CCN=C(NC1CCC1)N1CCC[C@@H](C(=O)OCC)C1. The van der Waals surface area contributed by atoms with Crippen LogP contribution in [0.5, 0.6) is 0 Å². The predicted octanol–water partition coefficient (Wildman–Crippen LogP) is 1.78. The van der Waals surface area contributed by atoms with E-state index in [2.05, 4.69) is 22.1 Å². The van der Waals surface area contributed by atoms with Crippen LogP contribution in [-0.2, 0) is 9.53 Å². The second kappa shape index (κ2) is 7.50. The zero-order valence-corrected chi connectivity index (χ0v) is 12.7. The van der Waals surface area contributed by atoms with E-state index in [0.29, 0.717) is 12.6 Å². The smallest absolute Gasteiger partial charge is 0.310 e. The molecule has 0 amide bonds. The van der Waals surface area contributed by atoms with Gasteiger partial charge in [-0.05, 0) is 46.0 Å². The summed E-state index contributed by atoms with van der Waals surface area (Å²) in [6, 6.07) is 0.572. The standard InChI is InChI=1S/C15H27N3O2/c1-3-16-15(17-13-8-5-9-13)18-10-6-7-12(11-18)14(19)20-4-2/h12-13H,3-11H2,1-2H3,(H,16,17)/t12-/m1/s1. The number of piperidine rings is 1. The first-order chi connectivity index (χ1) is 9.74. The van der Waals surface area contributed by atoms with Crippen molar-refractivity contribution < 1.29 is 9.53 Å². The Hall–Kier alpha value is -1.26. The minimum absolute atomic E-state index is 0.00560. The van der Waals surface area contributed by atoms with Gasteiger partial charge in [-0.15, -0.1) is 0 Å². The summed E-state index contributed by atoms with van der Waals surface area (Å²) in [5, 5.41) is 3.54. The van der Waals surface area contributed by atoms with Gasteiger partial charge in [-0.25, -0.2) is 0 Å². The number of aliphatic imine (C=N–C) groups is 1.